The summed E-state index contributed by atoms with van der Waals surface area (Å²) in [5.74, 6) is 0.0946. The van der Waals surface area contributed by atoms with Gasteiger partial charge in [0.2, 0.25) is 0 Å². The van der Waals surface area contributed by atoms with Crippen LogP contribution < -0.4 is 0 Å². The average molecular weight is 326 g/mol. The minimum atomic E-state index is -4.46. The molecule has 0 saturated carbocycles. The van der Waals surface area contributed by atoms with Gasteiger partial charge in [0.05, 0.1) is 10.6 Å². The molecule has 1 N–H and O–H groups in total. The number of hydrogen-bond donors (Lipinski definition) is 1. The molecule has 116 valence electrons. The van der Waals surface area contributed by atoms with Gasteiger partial charge in [-0.1, -0.05) is 29.8 Å². The maximum absolute atomic E-state index is 13.1. The first-order valence-electron chi connectivity index (χ1n) is 7.18. The van der Waals surface area contributed by atoms with E-state index in [4.69, 9.17) is 17.0 Å². The van der Waals surface area contributed by atoms with Crippen LogP contribution in [-0.4, -0.2) is 5.71 Å². The number of benzene rings is 1. The summed E-state index contributed by atoms with van der Waals surface area (Å²) in [7, 11) is 0. The Morgan fingerprint density at radius 3 is 2.68 bits per heavy atom. The van der Waals surface area contributed by atoms with Gasteiger partial charge in [0.15, 0.2) is 0 Å². The Bertz CT molecular complexity index is 673. The number of fused-ring (bicyclic) bond motifs is 1. The van der Waals surface area contributed by atoms with Crippen LogP contribution in [-0.2, 0) is 6.18 Å². The van der Waals surface area contributed by atoms with Gasteiger partial charge in [0.1, 0.15) is 0 Å². The highest BCUT2D eigenvalue weighted by atomic mass is 35.5. The van der Waals surface area contributed by atoms with Crippen LogP contribution in [0.4, 0.5) is 13.2 Å². The highest BCUT2D eigenvalue weighted by molar-refractivity contribution is 6.31. The van der Waals surface area contributed by atoms with Gasteiger partial charge < -0.3 is 5.41 Å². The SMILES string of the molecule is N=C1C=C2C=CCCC2C(c2ccc(Cl)c(C(F)(F)F)c2)C1. The fourth-order valence-electron chi connectivity index (χ4n) is 3.35. The van der Waals surface area contributed by atoms with Gasteiger partial charge in [-0.2, -0.15) is 13.2 Å². The van der Waals surface area contributed by atoms with Crippen LogP contribution in [0.2, 0.25) is 5.02 Å². The van der Waals surface area contributed by atoms with Gasteiger partial charge in [0, 0.05) is 5.71 Å². The van der Waals surface area contributed by atoms with Crippen molar-refractivity contribution in [1.82, 2.24) is 0 Å². The van der Waals surface area contributed by atoms with E-state index in [9.17, 15) is 13.2 Å². The number of allylic oxidation sites excluding steroid dienone is 4. The molecule has 0 aromatic heterocycles. The van der Waals surface area contributed by atoms with Crippen LogP contribution in [0.3, 0.4) is 0 Å². The van der Waals surface area contributed by atoms with Gasteiger partial charge in [-0.3, -0.25) is 0 Å². The topological polar surface area (TPSA) is 23.9 Å². The fraction of sp³-hybridized carbons (Fsp3) is 0.353. The van der Waals surface area contributed by atoms with Crippen molar-refractivity contribution in [2.24, 2.45) is 5.92 Å². The second kappa shape index (κ2) is 5.58. The van der Waals surface area contributed by atoms with Gasteiger partial charge in [-0.15, -0.1) is 0 Å². The Hall–Kier alpha value is -1.55. The van der Waals surface area contributed by atoms with Crippen molar-refractivity contribution >= 4 is 17.3 Å². The van der Waals surface area contributed by atoms with E-state index in [1.54, 1.807) is 6.07 Å². The number of halogens is 4. The van der Waals surface area contributed by atoms with E-state index in [0.29, 0.717) is 17.7 Å². The third-order valence-corrected chi connectivity index (χ3v) is 4.70. The summed E-state index contributed by atoms with van der Waals surface area (Å²) in [5, 5.41) is 7.68. The maximum atomic E-state index is 13.1. The lowest BCUT2D eigenvalue weighted by Crippen LogP contribution is -2.24. The predicted molar refractivity (Wildman–Crippen MR) is 81.5 cm³/mol. The van der Waals surface area contributed by atoms with Gasteiger partial charge in [0.25, 0.3) is 0 Å². The van der Waals surface area contributed by atoms with Crippen LogP contribution in [0.1, 0.15) is 36.3 Å². The molecule has 0 amide bonds. The zero-order valence-electron chi connectivity index (χ0n) is 11.8. The third kappa shape index (κ3) is 2.84. The quantitative estimate of drug-likeness (QED) is 0.679. The molecule has 1 nitrogen and oxygen atoms in total. The smallest absolute Gasteiger partial charge is 0.305 e. The molecule has 5 heteroatoms. The molecular weight excluding hydrogens is 311 g/mol. The number of nitrogens with one attached hydrogen (secondary N) is 1. The Balaban J connectivity index is 2.02. The monoisotopic (exact) mass is 325 g/mol. The van der Waals surface area contributed by atoms with Crippen LogP contribution >= 0.6 is 11.6 Å². The molecule has 0 aliphatic heterocycles. The van der Waals surface area contributed by atoms with Crippen LogP contribution in [0.15, 0.2) is 42.0 Å². The molecule has 0 spiro atoms. The molecule has 0 fully saturated rings. The summed E-state index contributed by atoms with van der Waals surface area (Å²) < 4.78 is 39.2. The second-order valence-electron chi connectivity index (χ2n) is 5.80. The van der Waals surface area contributed by atoms with E-state index in [-0.39, 0.29) is 16.9 Å². The highest BCUT2D eigenvalue weighted by Gasteiger charge is 2.36. The lowest BCUT2D eigenvalue weighted by atomic mass is 9.70. The molecule has 2 aliphatic rings. The first kappa shape index (κ1) is 15.3. The molecule has 0 bridgehead atoms. The Morgan fingerprint density at radius 1 is 1.18 bits per heavy atom. The molecule has 0 radical (unpaired) electrons. The first-order valence-corrected chi connectivity index (χ1v) is 7.56. The van der Waals surface area contributed by atoms with E-state index in [0.717, 1.165) is 24.5 Å². The summed E-state index contributed by atoms with van der Waals surface area (Å²) in [5.41, 5.74) is 1.34. The standard InChI is InChI=1S/C17H15ClF3N/c18-16-6-5-11(8-15(16)17(19,20)21)14-9-12(22)7-10-3-1-2-4-13(10)14/h1,3,5-8,13-14,22H,2,4,9H2. The van der Waals surface area contributed by atoms with E-state index in [1.807, 2.05) is 12.2 Å². The third-order valence-electron chi connectivity index (χ3n) is 4.37. The van der Waals surface area contributed by atoms with Gasteiger partial charge in [-0.25, -0.2) is 0 Å². The van der Waals surface area contributed by atoms with Crippen molar-refractivity contribution in [3.63, 3.8) is 0 Å². The lowest BCUT2D eigenvalue weighted by Gasteiger charge is -2.34. The molecular formula is C17H15ClF3N. The predicted octanol–water partition coefficient (Wildman–Crippen LogP) is 5.76. The number of alkyl halides is 3. The molecule has 2 unspecified atom stereocenters. The maximum Gasteiger partial charge on any atom is 0.417 e. The fourth-order valence-corrected chi connectivity index (χ4v) is 3.58. The Morgan fingerprint density at radius 2 is 1.95 bits per heavy atom. The minimum absolute atomic E-state index is 0.0872. The number of hydrogen-bond acceptors (Lipinski definition) is 1. The van der Waals surface area contributed by atoms with Crippen molar-refractivity contribution in [2.75, 3.05) is 0 Å². The first-order chi connectivity index (χ1) is 10.4. The van der Waals surface area contributed by atoms with E-state index < -0.39 is 11.7 Å². The lowest BCUT2D eigenvalue weighted by molar-refractivity contribution is -0.137. The van der Waals surface area contributed by atoms with Crippen LogP contribution in [0, 0.1) is 11.3 Å². The summed E-state index contributed by atoms with van der Waals surface area (Å²) in [6, 6.07) is 4.14. The van der Waals surface area contributed by atoms with Gasteiger partial charge >= 0.3 is 6.18 Å². The molecule has 0 saturated heterocycles. The highest BCUT2D eigenvalue weighted by Crippen LogP contribution is 2.44. The van der Waals surface area contributed by atoms with Crippen molar-refractivity contribution < 1.29 is 13.2 Å². The molecule has 0 heterocycles. The molecule has 2 aliphatic carbocycles. The Kier molecular flexibility index (Phi) is 3.89. The van der Waals surface area contributed by atoms with Crippen molar-refractivity contribution in [3.8, 4) is 0 Å². The summed E-state index contributed by atoms with van der Waals surface area (Å²) in [6.07, 6.45) is 3.74. The Labute approximate surface area is 132 Å². The van der Waals surface area contributed by atoms with Gasteiger partial charge in [-0.05, 0) is 60.4 Å². The molecule has 3 rings (SSSR count). The molecule has 22 heavy (non-hydrogen) atoms. The zero-order valence-corrected chi connectivity index (χ0v) is 12.5. The van der Waals surface area contributed by atoms with E-state index in [1.165, 1.54) is 6.07 Å². The minimum Gasteiger partial charge on any atom is -0.305 e. The number of rotatable bonds is 1. The van der Waals surface area contributed by atoms with Crippen LogP contribution in [0.25, 0.3) is 0 Å². The summed E-state index contributed by atoms with van der Waals surface area (Å²) in [6.45, 7) is 0. The molecule has 2 atom stereocenters. The van der Waals surface area contributed by atoms with Crippen molar-refractivity contribution in [3.05, 3.63) is 58.1 Å². The van der Waals surface area contributed by atoms with Crippen molar-refractivity contribution in [1.29, 1.82) is 5.41 Å². The van der Waals surface area contributed by atoms with E-state index >= 15 is 0 Å². The molecule has 1 aromatic carbocycles. The normalized spacial score (nSPS) is 24.9. The van der Waals surface area contributed by atoms with E-state index in [2.05, 4.69) is 6.08 Å². The van der Waals surface area contributed by atoms with Crippen LogP contribution in [0.5, 0.6) is 0 Å². The average Bonchev–Trinajstić information content (AvgIpc) is 2.45. The largest absolute Gasteiger partial charge is 0.417 e. The summed E-state index contributed by atoms with van der Waals surface area (Å²) >= 11 is 5.70. The summed E-state index contributed by atoms with van der Waals surface area (Å²) in [4.78, 5) is 0. The second-order valence-corrected chi connectivity index (χ2v) is 6.21. The van der Waals surface area contributed by atoms with Crippen molar-refractivity contribution in [2.45, 2.75) is 31.4 Å². The zero-order chi connectivity index (χ0) is 15.9. The molecule has 1 aromatic rings.